The van der Waals surface area contributed by atoms with Crippen molar-refractivity contribution in [2.45, 2.75) is 84.0 Å². The Morgan fingerprint density at radius 2 is 2.00 bits per heavy atom. The van der Waals surface area contributed by atoms with Crippen molar-refractivity contribution in [3.63, 3.8) is 0 Å². The molecule has 0 spiro atoms. The molecule has 0 amide bonds. The first-order valence-electron chi connectivity index (χ1n) is 7.34. The molecule has 0 heterocycles. The fourth-order valence-electron chi connectivity index (χ4n) is 2.37. The molecule has 1 fully saturated rings. The molecular formula is C15H30O2Si. The molecule has 1 aliphatic carbocycles. The molecule has 1 saturated carbocycles. The van der Waals surface area contributed by atoms with Gasteiger partial charge in [0.15, 0.2) is 8.32 Å². The minimum atomic E-state index is -1.65. The van der Waals surface area contributed by atoms with Crippen LogP contribution in [0.3, 0.4) is 0 Å². The van der Waals surface area contributed by atoms with Crippen LogP contribution in [0.25, 0.3) is 0 Å². The zero-order valence-corrected chi connectivity index (χ0v) is 14.0. The molecule has 0 aromatic carbocycles. The van der Waals surface area contributed by atoms with Crippen molar-refractivity contribution in [3.8, 4) is 0 Å². The topological polar surface area (TPSA) is 26.3 Å². The molecule has 2 nitrogen and oxygen atoms in total. The molecule has 0 unspecified atom stereocenters. The van der Waals surface area contributed by atoms with E-state index in [0.717, 1.165) is 32.1 Å². The van der Waals surface area contributed by atoms with E-state index in [1.54, 1.807) is 0 Å². The predicted octanol–water partition coefficient (Wildman–Crippen LogP) is 4.55. The zero-order valence-electron chi connectivity index (χ0n) is 13.0. The first kappa shape index (κ1) is 15.9. The lowest BCUT2D eigenvalue weighted by atomic mass is 9.99. The van der Waals surface area contributed by atoms with E-state index in [4.69, 9.17) is 4.43 Å². The lowest BCUT2D eigenvalue weighted by Gasteiger charge is -2.38. The number of carbonyl (C=O) groups is 1. The van der Waals surface area contributed by atoms with Crippen molar-refractivity contribution in [2.24, 2.45) is 5.92 Å². The smallest absolute Gasteiger partial charge is 0.192 e. The first-order chi connectivity index (χ1) is 8.13. The number of hydrogen-bond acceptors (Lipinski definition) is 2. The Morgan fingerprint density at radius 1 is 1.39 bits per heavy atom. The van der Waals surface area contributed by atoms with E-state index < -0.39 is 8.32 Å². The fraction of sp³-hybridized carbons (Fsp3) is 0.933. The van der Waals surface area contributed by atoms with Crippen LogP contribution in [-0.2, 0) is 9.22 Å². The van der Waals surface area contributed by atoms with Crippen LogP contribution in [0.2, 0.25) is 18.1 Å². The highest BCUT2D eigenvalue weighted by Gasteiger charge is 2.38. The van der Waals surface area contributed by atoms with Gasteiger partial charge < -0.3 is 4.43 Å². The third kappa shape index (κ3) is 4.20. The minimum Gasteiger partial charge on any atom is -0.414 e. The van der Waals surface area contributed by atoms with E-state index >= 15 is 0 Å². The lowest BCUT2D eigenvalue weighted by Crippen LogP contribution is -2.43. The molecule has 0 radical (unpaired) electrons. The summed E-state index contributed by atoms with van der Waals surface area (Å²) in [7, 11) is -1.65. The van der Waals surface area contributed by atoms with Crippen molar-refractivity contribution < 1.29 is 9.22 Å². The fourth-order valence-corrected chi connectivity index (χ4v) is 3.85. The van der Waals surface area contributed by atoms with Gasteiger partial charge in [-0.15, -0.1) is 0 Å². The van der Waals surface area contributed by atoms with Gasteiger partial charge in [-0.2, -0.15) is 0 Å². The summed E-state index contributed by atoms with van der Waals surface area (Å²) in [4.78, 5) is 11.6. The van der Waals surface area contributed by atoms with Crippen LogP contribution < -0.4 is 0 Å². The second-order valence-corrected chi connectivity index (χ2v) is 12.1. The van der Waals surface area contributed by atoms with E-state index in [0.29, 0.717) is 17.8 Å². The van der Waals surface area contributed by atoms with E-state index in [9.17, 15) is 4.79 Å². The van der Waals surface area contributed by atoms with E-state index in [2.05, 4.69) is 40.8 Å². The molecule has 0 saturated heterocycles. The van der Waals surface area contributed by atoms with Gasteiger partial charge in [0.2, 0.25) is 0 Å². The zero-order chi connectivity index (χ0) is 14.0. The maximum absolute atomic E-state index is 11.6. The summed E-state index contributed by atoms with van der Waals surface area (Å²) >= 11 is 0. The Hall–Kier alpha value is -0.153. The Labute approximate surface area is 114 Å². The third-order valence-corrected chi connectivity index (χ3v) is 9.26. The molecule has 0 aromatic heterocycles. The van der Waals surface area contributed by atoms with Gasteiger partial charge in [0.1, 0.15) is 5.78 Å². The van der Waals surface area contributed by atoms with Crippen molar-refractivity contribution >= 4 is 14.1 Å². The Balaban J connectivity index is 2.37. The summed E-state index contributed by atoms with van der Waals surface area (Å²) in [6.07, 6.45) is 5.35. The Bertz CT molecular complexity index is 291. The van der Waals surface area contributed by atoms with Gasteiger partial charge in [-0.25, -0.2) is 0 Å². The number of ketones is 1. The molecule has 0 aromatic rings. The van der Waals surface area contributed by atoms with Gasteiger partial charge in [-0.1, -0.05) is 20.8 Å². The van der Waals surface area contributed by atoms with Crippen molar-refractivity contribution in [1.82, 2.24) is 0 Å². The number of rotatable bonds is 5. The predicted molar refractivity (Wildman–Crippen MR) is 79.3 cm³/mol. The highest BCUT2D eigenvalue weighted by atomic mass is 28.4. The molecule has 2 atom stereocenters. The SMILES string of the molecule is C[C@@H](CC[C@@H]1CCCC1=O)O[Si](C)(C)C(C)(C)C. The summed E-state index contributed by atoms with van der Waals surface area (Å²) in [6.45, 7) is 13.6. The standard InChI is InChI=1S/C15H30O2Si/c1-12(17-18(5,6)15(2,3)4)10-11-13-8-7-9-14(13)16/h12-13H,7-11H2,1-6H3/t12-,13-/m0/s1. The van der Waals surface area contributed by atoms with Crippen LogP contribution in [0.1, 0.15) is 59.8 Å². The number of Topliss-reactive ketones (excluding diaryl/α,β-unsaturated/α-hetero) is 1. The Morgan fingerprint density at radius 3 is 2.44 bits per heavy atom. The van der Waals surface area contributed by atoms with Gasteiger partial charge in [0.05, 0.1) is 0 Å². The molecule has 18 heavy (non-hydrogen) atoms. The minimum absolute atomic E-state index is 0.268. The largest absolute Gasteiger partial charge is 0.414 e. The Kier molecular flexibility index (Phi) is 5.19. The maximum Gasteiger partial charge on any atom is 0.192 e. The lowest BCUT2D eigenvalue weighted by molar-refractivity contribution is -0.120. The third-order valence-electron chi connectivity index (χ3n) is 4.65. The van der Waals surface area contributed by atoms with Crippen LogP contribution in [0.5, 0.6) is 0 Å². The van der Waals surface area contributed by atoms with E-state index in [1.807, 2.05) is 0 Å². The molecule has 106 valence electrons. The molecule has 0 aliphatic heterocycles. The van der Waals surface area contributed by atoms with Crippen molar-refractivity contribution in [3.05, 3.63) is 0 Å². The van der Waals surface area contributed by atoms with Crippen LogP contribution in [0.4, 0.5) is 0 Å². The monoisotopic (exact) mass is 270 g/mol. The molecule has 0 bridgehead atoms. The average molecular weight is 270 g/mol. The van der Waals surface area contributed by atoms with Gasteiger partial charge in [0, 0.05) is 18.4 Å². The summed E-state index contributed by atoms with van der Waals surface area (Å²) < 4.78 is 6.32. The molecular weight excluding hydrogens is 240 g/mol. The molecule has 1 rings (SSSR count). The van der Waals surface area contributed by atoms with Crippen molar-refractivity contribution in [2.75, 3.05) is 0 Å². The highest BCUT2D eigenvalue weighted by Crippen LogP contribution is 2.38. The number of hydrogen-bond donors (Lipinski definition) is 0. The van der Waals surface area contributed by atoms with E-state index in [-0.39, 0.29) is 5.04 Å². The van der Waals surface area contributed by atoms with Crippen LogP contribution in [0.15, 0.2) is 0 Å². The second-order valence-electron chi connectivity index (χ2n) is 7.32. The number of carbonyl (C=O) groups excluding carboxylic acids is 1. The normalized spacial score (nSPS) is 23.4. The van der Waals surface area contributed by atoms with Crippen LogP contribution in [0, 0.1) is 5.92 Å². The van der Waals surface area contributed by atoms with Gasteiger partial charge >= 0.3 is 0 Å². The highest BCUT2D eigenvalue weighted by molar-refractivity contribution is 6.74. The van der Waals surface area contributed by atoms with Gasteiger partial charge in [-0.3, -0.25) is 4.79 Å². The molecule has 3 heteroatoms. The molecule has 0 N–H and O–H groups in total. The van der Waals surface area contributed by atoms with E-state index in [1.165, 1.54) is 0 Å². The average Bonchev–Trinajstić information content (AvgIpc) is 2.58. The van der Waals surface area contributed by atoms with Crippen LogP contribution in [-0.4, -0.2) is 20.2 Å². The van der Waals surface area contributed by atoms with Gasteiger partial charge in [0.25, 0.3) is 0 Å². The summed E-state index contributed by atoms with van der Waals surface area (Å²) in [5, 5.41) is 0.268. The van der Waals surface area contributed by atoms with Crippen molar-refractivity contribution in [1.29, 1.82) is 0 Å². The van der Waals surface area contributed by atoms with Gasteiger partial charge in [-0.05, 0) is 50.7 Å². The molecule has 1 aliphatic rings. The quantitative estimate of drug-likeness (QED) is 0.685. The summed E-state index contributed by atoms with van der Waals surface area (Å²) in [5.74, 6) is 0.810. The van der Waals surface area contributed by atoms with Crippen LogP contribution >= 0.6 is 0 Å². The second kappa shape index (κ2) is 5.87. The maximum atomic E-state index is 11.6. The first-order valence-corrected chi connectivity index (χ1v) is 10.2. The summed E-state index contributed by atoms with van der Waals surface area (Å²) in [5.41, 5.74) is 0. The summed E-state index contributed by atoms with van der Waals surface area (Å²) in [6, 6.07) is 0.